The summed E-state index contributed by atoms with van der Waals surface area (Å²) < 4.78 is 0. The summed E-state index contributed by atoms with van der Waals surface area (Å²) in [5.74, 6) is 1.84. The second-order valence-corrected chi connectivity index (χ2v) is 5.52. The summed E-state index contributed by atoms with van der Waals surface area (Å²) in [5, 5.41) is 3.60. The second-order valence-electron chi connectivity index (χ2n) is 5.52. The Kier molecular flexibility index (Phi) is 2.64. The lowest BCUT2D eigenvalue weighted by Gasteiger charge is -2.10. The van der Waals surface area contributed by atoms with Gasteiger partial charge in [-0.25, -0.2) is 0 Å². The van der Waals surface area contributed by atoms with Gasteiger partial charge in [0.2, 0.25) is 0 Å². The van der Waals surface area contributed by atoms with E-state index in [1.165, 1.54) is 45.2 Å². The monoisotopic (exact) mass is 181 g/mol. The van der Waals surface area contributed by atoms with Gasteiger partial charge in [0.1, 0.15) is 0 Å². The van der Waals surface area contributed by atoms with Gasteiger partial charge in [0.25, 0.3) is 0 Å². The Bertz CT molecular complexity index is 168. The highest BCUT2D eigenvalue weighted by Gasteiger charge is 2.54. The highest BCUT2D eigenvalue weighted by molar-refractivity contribution is 5.05. The largest absolute Gasteiger partial charge is 0.316 e. The van der Waals surface area contributed by atoms with E-state index in [1.807, 2.05) is 0 Å². The maximum Gasteiger partial charge on any atom is -0.00149 e. The average molecular weight is 181 g/mol. The van der Waals surface area contributed by atoms with Crippen LogP contribution in [0.4, 0.5) is 0 Å². The summed E-state index contributed by atoms with van der Waals surface area (Å²) >= 11 is 0. The molecule has 0 aromatic heterocycles. The Hall–Kier alpha value is -0.0400. The Morgan fingerprint density at radius 1 is 1.31 bits per heavy atom. The maximum absolute atomic E-state index is 3.60. The van der Waals surface area contributed by atoms with Crippen molar-refractivity contribution in [2.24, 2.45) is 17.3 Å². The van der Waals surface area contributed by atoms with E-state index in [2.05, 4.69) is 19.2 Å². The van der Waals surface area contributed by atoms with Crippen molar-refractivity contribution in [3.8, 4) is 0 Å². The number of rotatable bonds is 4. The molecule has 0 radical (unpaired) electrons. The Balaban J connectivity index is 1.63. The van der Waals surface area contributed by atoms with Crippen molar-refractivity contribution in [1.29, 1.82) is 0 Å². The molecule has 76 valence electrons. The van der Waals surface area contributed by atoms with Crippen LogP contribution < -0.4 is 5.32 Å². The molecule has 0 heterocycles. The van der Waals surface area contributed by atoms with Gasteiger partial charge in [-0.1, -0.05) is 26.7 Å². The van der Waals surface area contributed by atoms with E-state index in [9.17, 15) is 0 Å². The van der Waals surface area contributed by atoms with Crippen LogP contribution in [0.1, 0.15) is 46.0 Å². The first-order chi connectivity index (χ1) is 6.23. The zero-order chi connectivity index (χ0) is 9.31. The van der Waals surface area contributed by atoms with Gasteiger partial charge in [0, 0.05) is 0 Å². The van der Waals surface area contributed by atoms with Crippen LogP contribution in [-0.2, 0) is 0 Å². The first-order valence-electron chi connectivity index (χ1n) is 5.94. The molecule has 2 rings (SSSR count). The normalized spacial score (nSPS) is 30.2. The van der Waals surface area contributed by atoms with Crippen LogP contribution >= 0.6 is 0 Å². The molecule has 0 bridgehead atoms. The van der Waals surface area contributed by atoms with Gasteiger partial charge in [-0.05, 0) is 49.6 Å². The van der Waals surface area contributed by atoms with Crippen LogP contribution in [0.15, 0.2) is 0 Å². The SMILES string of the molecule is CC(C)CNCC1CC12CCCC2. The zero-order valence-corrected chi connectivity index (χ0v) is 9.10. The predicted molar refractivity (Wildman–Crippen MR) is 56.7 cm³/mol. The molecular weight excluding hydrogens is 158 g/mol. The first kappa shape index (κ1) is 9.51. The van der Waals surface area contributed by atoms with E-state index in [0.29, 0.717) is 0 Å². The summed E-state index contributed by atoms with van der Waals surface area (Å²) in [6, 6.07) is 0. The van der Waals surface area contributed by atoms with E-state index in [4.69, 9.17) is 0 Å². The molecule has 1 atom stereocenters. The molecule has 0 aromatic carbocycles. The minimum Gasteiger partial charge on any atom is -0.316 e. The summed E-state index contributed by atoms with van der Waals surface area (Å²) in [7, 11) is 0. The van der Waals surface area contributed by atoms with Crippen molar-refractivity contribution in [2.45, 2.75) is 46.0 Å². The van der Waals surface area contributed by atoms with Crippen LogP contribution in [0.2, 0.25) is 0 Å². The van der Waals surface area contributed by atoms with Gasteiger partial charge < -0.3 is 5.32 Å². The van der Waals surface area contributed by atoms with Gasteiger partial charge in [-0.2, -0.15) is 0 Å². The molecule has 0 aliphatic heterocycles. The number of nitrogens with one attached hydrogen (secondary N) is 1. The molecule has 2 saturated carbocycles. The molecular formula is C12H23N. The second kappa shape index (κ2) is 3.61. The van der Waals surface area contributed by atoms with E-state index < -0.39 is 0 Å². The molecule has 2 aliphatic carbocycles. The standard InChI is InChI=1S/C12H23N/c1-10(2)8-13-9-11-7-12(11)5-3-4-6-12/h10-11,13H,3-9H2,1-2H3. The van der Waals surface area contributed by atoms with Gasteiger partial charge >= 0.3 is 0 Å². The molecule has 1 nitrogen and oxygen atoms in total. The Labute approximate surface area is 82.3 Å². The Morgan fingerprint density at radius 3 is 2.62 bits per heavy atom. The fourth-order valence-electron chi connectivity index (χ4n) is 2.96. The molecule has 1 heteroatoms. The van der Waals surface area contributed by atoms with Crippen molar-refractivity contribution in [3.05, 3.63) is 0 Å². The average Bonchev–Trinajstić information content (AvgIpc) is 2.54. The van der Waals surface area contributed by atoms with Crippen LogP contribution in [-0.4, -0.2) is 13.1 Å². The predicted octanol–water partition coefficient (Wildman–Crippen LogP) is 2.81. The lowest BCUT2D eigenvalue weighted by molar-refractivity contribution is 0.440. The lowest BCUT2D eigenvalue weighted by Crippen LogP contribution is -2.23. The maximum atomic E-state index is 3.60. The smallest absolute Gasteiger partial charge is 0.00149 e. The quantitative estimate of drug-likeness (QED) is 0.703. The van der Waals surface area contributed by atoms with Gasteiger partial charge in [-0.15, -0.1) is 0 Å². The fourth-order valence-corrected chi connectivity index (χ4v) is 2.96. The third kappa shape index (κ3) is 2.07. The third-order valence-electron chi connectivity index (χ3n) is 3.90. The minimum atomic E-state index is 0.804. The van der Waals surface area contributed by atoms with Crippen LogP contribution in [0, 0.1) is 17.3 Å². The molecule has 0 amide bonds. The van der Waals surface area contributed by atoms with Crippen molar-refractivity contribution in [1.82, 2.24) is 5.32 Å². The van der Waals surface area contributed by atoms with E-state index in [-0.39, 0.29) is 0 Å². The van der Waals surface area contributed by atoms with Crippen molar-refractivity contribution in [3.63, 3.8) is 0 Å². The minimum absolute atomic E-state index is 0.804. The van der Waals surface area contributed by atoms with Crippen LogP contribution in [0.3, 0.4) is 0 Å². The topological polar surface area (TPSA) is 12.0 Å². The molecule has 1 spiro atoms. The first-order valence-corrected chi connectivity index (χ1v) is 5.94. The van der Waals surface area contributed by atoms with E-state index in [0.717, 1.165) is 17.3 Å². The fraction of sp³-hybridized carbons (Fsp3) is 1.00. The highest BCUT2D eigenvalue weighted by atomic mass is 14.9. The van der Waals surface area contributed by atoms with Crippen molar-refractivity contribution < 1.29 is 0 Å². The van der Waals surface area contributed by atoms with Crippen LogP contribution in [0.25, 0.3) is 0 Å². The molecule has 1 N–H and O–H groups in total. The summed E-state index contributed by atoms with van der Waals surface area (Å²) in [6.45, 7) is 7.06. The third-order valence-corrected chi connectivity index (χ3v) is 3.90. The molecule has 2 aliphatic rings. The molecule has 1 unspecified atom stereocenters. The van der Waals surface area contributed by atoms with Crippen molar-refractivity contribution in [2.75, 3.05) is 13.1 Å². The van der Waals surface area contributed by atoms with Crippen LogP contribution in [0.5, 0.6) is 0 Å². The Morgan fingerprint density at radius 2 is 2.00 bits per heavy atom. The molecule has 13 heavy (non-hydrogen) atoms. The highest BCUT2D eigenvalue weighted by Crippen LogP contribution is 2.62. The zero-order valence-electron chi connectivity index (χ0n) is 9.10. The summed E-state index contributed by atoms with van der Waals surface area (Å²) in [4.78, 5) is 0. The summed E-state index contributed by atoms with van der Waals surface area (Å²) in [6.07, 6.45) is 7.58. The van der Waals surface area contributed by atoms with E-state index >= 15 is 0 Å². The van der Waals surface area contributed by atoms with E-state index in [1.54, 1.807) is 0 Å². The number of hydrogen-bond donors (Lipinski definition) is 1. The molecule has 2 fully saturated rings. The number of hydrogen-bond acceptors (Lipinski definition) is 1. The van der Waals surface area contributed by atoms with Crippen molar-refractivity contribution >= 4 is 0 Å². The van der Waals surface area contributed by atoms with Gasteiger partial charge in [-0.3, -0.25) is 0 Å². The molecule has 0 aromatic rings. The lowest BCUT2D eigenvalue weighted by atomic mass is 10.0. The molecule has 0 saturated heterocycles. The van der Waals surface area contributed by atoms with Gasteiger partial charge in [0.05, 0.1) is 0 Å². The van der Waals surface area contributed by atoms with Gasteiger partial charge in [0.15, 0.2) is 0 Å². The summed E-state index contributed by atoms with van der Waals surface area (Å²) in [5.41, 5.74) is 0.837.